The van der Waals surface area contributed by atoms with Crippen molar-refractivity contribution in [3.63, 3.8) is 0 Å². The summed E-state index contributed by atoms with van der Waals surface area (Å²) in [6.07, 6.45) is 4.77. The number of hydrogen-bond donors (Lipinski definition) is 1. The summed E-state index contributed by atoms with van der Waals surface area (Å²) >= 11 is 6.01. The van der Waals surface area contributed by atoms with Gasteiger partial charge in [-0.3, -0.25) is 4.79 Å². The van der Waals surface area contributed by atoms with Gasteiger partial charge in [-0.05, 0) is 23.8 Å². The second kappa shape index (κ2) is 7.45. The van der Waals surface area contributed by atoms with E-state index < -0.39 is 0 Å². The minimum atomic E-state index is -0.208. The van der Waals surface area contributed by atoms with Gasteiger partial charge in [-0.15, -0.1) is 0 Å². The van der Waals surface area contributed by atoms with Crippen molar-refractivity contribution in [2.75, 3.05) is 7.11 Å². The summed E-state index contributed by atoms with van der Waals surface area (Å²) in [7, 11) is 1.55. The van der Waals surface area contributed by atoms with E-state index in [-0.39, 0.29) is 5.91 Å². The van der Waals surface area contributed by atoms with Crippen molar-refractivity contribution in [3.8, 4) is 5.88 Å². The first kappa shape index (κ1) is 15.1. The first-order chi connectivity index (χ1) is 10.2. The first-order valence-electron chi connectivity index (χ1n) is 6.39. The lowest BCUT2D eigenvalue weighted by Crippen LogP contribution is -2.20. The lowest BCUT2D eigenvalue weighted by molar-refractivity contribution is -0.116. The average molecular weight is 303 g/mol. The van der Waals surface area contributed by atoms with Gasteiger partial charge in [0.15, 0.2) is 0 Å². The van der Waals surface area contributed by atoms with Crippen LogP contribution in [0.1, 0.15) is 11.1 Å². The van der Waals surface area contributed by atoms with Gasteiger partial charge in [0, 0.05) is 29.4 Å². The molecule has 2 rings (SSSR count). The molecule has 1 heterocycles. The molecule has 0 aliphatic rings. The van der Waals surface area contributed by atoms with Crippen LogP contribution in [-0.4, -0.2) is 18.0 Å². The van der Waals surface area contributed by atoms with Gasteiger partial charge < -0.3 is 10.1 Å². The maximum atomic E-state index is 11.8. The van der Waals surface area contributed by atoms with E-state index in [1.54, 1.807) is 31.5 Å². The molecule has 1 N–H and O–H groups in total. The van der Waals surface area contributed by atoms with Crippen molar-refractivity contribution in [1.29, 1.82) is 0 Å². The number of nitrogens with one attached hydrogen (secondary N) is 1. The smallest absolute Gasteiger partial charge is 0.244 e. The number of pyridine rings is 1. The Labute approximate surface area is 128 Å². The molecule has 2 aromatic rings. The van der Waals surface area contributed by atoms with Gasteiger partial charge in [0.05, 0.1) is 7.11 Å². The number of halogens is 1. The van der Waals surface area contributed by atoms with Gasteiger partial charge in [0.25, 0.3) is 0 Å². The van der Waals surface area contributed by atoms with E-state index in [9.17, 15) is 4.79 Å². The van der Waals surface area contributed by atoms with Crippen molar-refractivity contribution < 1.29 is 9.53 Å². The van der Waals surface area contributed by atoms with Gasteiger partial charge >= 0.3 is 0 Å². The molecule has 0 spiro atoms. The number of aromatic nitrogens is 1. The molecule has 5 heteroatoms. The summed E-state index contributed by atoms with van der Waals surface area (Å²) in [5.41, 5.74) is 1.62. The zero-order valence-electron chi connectivity index (χ0n) is 11.5. The quantitative estimate of drug-likeness (QED) is 0.864. The number of carbonyl (C=O) groups is 1. The van der Waals surface area contributed by atoms with Crippen molar-refractivity contribution in [2.24, 2.45) is 0 Å². The maximum absolute atomic E-state index is 11.8. The molecule has 108 valence electrons. The summed E-state index contributed by atoms with van der Waals surface area (Å²) in [6, 6.07) is 11.0. The molecule has 1 aromatic carbocycles. The lowest BCUT2D eigenvalue weighted by Gasteiger charge is -2.07. The van der Waals surface area contributed by atoms with Crippen molar-refractivity contribution in [3.05, 3.63) is 64.8 Å². The summed E-state index contributed by atoms with van der Waals surface area (Å²) in [6.45, 7) is 0.350. The van der Waals surface area contributed by atoms with E-state index in [0.717, 1.165) is 11.1 Å². The second-order valence-corrected chi connectivity index (χ2v) is 4.65. The number of nitrogens with zero attached hydrogens (tertiary/aromatic N) is 1. The van der Waals surface area contributed by atoms with Gasteiger partial charge in [-0.2, -0.15) is 0 Å². The van der Waals surface area contributed by atoms with E-state index in [1.807, 2.05) is 24.3 Å². The van der Waals surface area contributed by atoms with Crippen molar-refractivity contribution in [1.82, 2.24) is 10.3 Å². The molecule has 1 amide bonds. The highest BCUT2D eigenvalue weighted by atomic mass is 35.5. The number of benzene rings is 1. The standard InChI is InChI=1S/C16H15ClN2O2/c1-21-16-13(6-4-10-18-16)11-19-15(20)9-8-12-5-2-3-7-14(12)17/h2-10H,11H2,1H3,(H,19,20)/b9-8+. The summed E-state index contributed by atoms with van der Waals surface area (Å²) in [5, 5.41) is 3.38. The maximum Gasteiger partial charge on any atom is 0.244 e. The Balaban J connectivity index is 1.95. The zero-order chi connectivity index (χ0) is 15.1. The Morgan fingerprint density at radius 3 is 2.90 bits per heavy atom. The third-order valence-corrected chi connectivity index (χ3v) is 3.16. The third kappa shape index (κ3) is 4.33. The van der Waals surface area contributed by atoms with Crippen molar-refractivity contribution >= 4 is 23.6 Å². The number of rotatable bonds is 5. The largest absolute Gasteiger partial charge is 0.481 e. The van der Waals surface area contributed by atoms with Crippen LogP contribution in [0.15, 0.2) is 48.7 Å². The number of methoxy groups -OCH3 is 1. The first-order valence-corrected chi connectivity index (χ1v) is 6.77. The number of hydrogen-bond acceptors (Lipinski definition) is 3. The highest BCUT2D eigenvalue weighted by molar-refractivity contribution is 6.32. The predicted octanol–water partition coefficient (Wildman–Crippen LogP) is 3.07. The molecule has 0 fully saturated rings. The Kier molecular flexibility index (Phi) is 5.35. The lowest BCUT2D eigenvalue weighted by atomic mass is 10.2. The highest BCUT2D eigenvalue weighted by Crippen LogP contribution is 2.16. The van der Waals surface area contributed by atoms with E-state index >= 15 is 0 Å². The second-order valence-electron chi connectivity index (χ2n) is 4.24. The van der Waals surface area contributed by atoms with Crippen LogP contribution in [0, 0.1) is 0 Å². The Hall–Kier alpha value is -2.33. The molecule has 0 aliphatic heterocycles. The number of amides is 1. The summed E-state index contributed by atoms with van der Waals surface area (Å²) in [4.78, 5) is 15.9. The molecule has 0 atom stereocenters. The van der Waals surface area contributed by atoms with Crippen LogP contribution < -0.4 is 10.1 Å². The van der Waals surface area contributed by atoms with E-state index in [0.29, 0.717) is 17.4 Å². The van der Waals surface area contributed by atoms with Crippen molar-refractivity contribution in [2.45, 2.75) is 6.54 Å². The molecule has 0 saturated heterocycles. The fraction of sp³-hybridized carbons (Fsp3) is 0.125. The monoisotopic (exact) mass is 302 g/mol. The SMILES string of the molecule is COc1ncccc1CNC(=O)/C=C/c1ccccc1Cl. The van der Waals surface area contributed by atoms with E-state index in [1.165, 1.54) is 6.08 Å². The molecule has 1 aromatic heterocycles. The number of ether oxygens (including phenoxy) is 1. The molecule has 0 bridgehead atoms. The topological polar surface area (TPSA) is 51.2 Å². The molecule has 0 saturated carbocycles. The van der Waals surface area contributed by atoms with Crippen LogP contribution in [-0.2, 0) is 11.3 Å². The van der Waals surface area contributed by atoms with E-state index in [2.05, 4.69) is 10.3 Å². The highest BCUT2D eigenvalue weighted by Gasteiger charge is 2.04. The van der Waals surface area contributed by atoms with E-state index in [4.69, 9.17) is 16.3 Å². The van der Waals surface area contributed by atoms with Crippen LogP contribution in [0.25, 0.3) is 6.08 Å². The average Bonchev–Trinajstić information content (AvgIpc) is 2.52. The molecule has 0 radical (unpaired) electrons. The number of carbonyl (C=O) groups excluding carboxylic acids is 1. The molecular formula is C16H15ClN2O2. The molecular weight excluding hydrogens is 288 g/mol. The molecule has 21 heavy (non-hydrogen) atoms. The fourth-order valence-electron chi connectivity index (χ4n) is 1.76. The minimum Gasteiger partial charge on any atom is -0.481 e. The van der Waals surface area contributed by atoms with Gasteiger partial charge in [0.2, 0.25) is 11.8 Å². The van der Waals surface area contributed by atoms with Gasteiger partial charge in [-0.25, -0.2) is 4.98 Å². The van der Waals surface area contributed by atoms with Gasteiger partial charge in [0.1, 0.15) is 0 Å². The van der Waals surface area contributed by atoms with Crippen LogP contribution in [0.2, 0.25) is 5.02 Å². The normalized spacial score (nSPS) is 10.6. The van der Waals surface area contributed by atoms with Crippen LogP contribution in [0.4, 0.5) is 0 Å². The molecule has 0 aliphatic carbocycles. The Bertz CT molecular complexity index is 656. The fourth-order valence-corrected chi connectivity index (χ4v) is 1.96. The summed E-state index contributed by atoms with van der Waals surface area (Å²) in [5.74, 6) is 0.300. The molecule has 0 unspecified atom stereocenters. The summed E-state index contributed by atoms with van der Waals surface area (Å²) < 4.78 is 5.12. The molecule has 4 nitrogen and oxygen atoms in total. The van der Waals surface area contributed by atoms with Crippen LogP contribution in [0.5, 0.6) is 5.88 Å². The van der Waals surface area contributed by atoms with Gasteiger partial charge in [-0.1, -0.05) is 35.9 Å². The minimum absolute atomic E-state index is 0.208. The Morgan fingerprint density at radius 1 is 1.33 bits per heavy atom. The van der Waals surface area contributed by atoms with Crippen LogP contribution in [0.3, 0.4) is 0 Å². The Morgan fingerprint density at radius 2 is 2.14 bits per heavy atom. The predicted molar refractivity (Wildman–Crippen MR) is 83.1 cm³/mol. The van der Waals surface area contributed by atoms with Crippen LogP contribution >= 0.6 is 11.6 Å². The third-order valence-electron chi connectivity index (χ3n) is 2.82. The zero-order valence-corrected chi connectivity index (χ0v) is 12.3.